The molecule has 0 bridgehead atoms. The molecule has 4 nitrogen and oxygen atoms in total. The zero-order valence-electron chi connectivity index (χ0n) is 13.0. The van der Waals surface area contributed by atoms with E-state index in [1.807, 2.05) is 0 Å². The number of allylic oxidation sites excluding steroid dienone is 3. The summed E-state index contributed by atoms with van der Waals surface area (Å²) in [4.78, 5) is 23.9. The third-order valence-corrected chi connectivity index (χ3v) is 4.54. The van der Waals surface area contributed by atoms with Crippen LogP contribution < -0.4 is 0 Å². The van der Waals surface area contributed by atoms with Crippen LogP contribution in [0.5, 0.6) is 0 Å². The molecule has 1 aliphatic carbocycles. The molecule has 0 unspecified atom stereocenters. The van der Waals surface area contributed by atoms with Crippen LogP contribution in [0, 0.1) is 16.7 Å². The topological polar surface area (TPSA) is 67.2 Å². The fourth-order valence-electron chi connectivity index (χ4n) is 2.99. The smallest absolute Gasteiger partial charge is 0.327 e. The van der Waals surface area contributed by atoms with Gasteiger partial charge in [-0.1, -0.05) is 41.9 Å². The number of hydrogen-bond acceptors (Lipinski definition) is 4. The second-order valence-corrected chi connectivity index (χ2v) is 6.33. The fourth-order valence-corrected chi connectivity index (χ4v) is 3.51. The summed E-state index contributed by atoms with van der Waals surface area (Å²) >= 11 is 12.2. The van der Waals surface area contributed by atoms with Crippen LogP contribution in [0.1, 0.15) is 24.8 Å². The molecule has 2 atom stereocenters. The van der Waals surface area contributed by atoms with Crippen molar-refractivity contribution in [3.63, 3.8) is 0 Å². The summed E-state index contributed by atoms with van der Waals surface area (Å²) in [5, 5.41) is 10.6. The molecule has 0 N–H and O–H groups in total. The van der Waals surface area contributed by atoms with E-state index in [0.29, 0.717) is 33.0 Å². The molecular weight excluding hydrogens is 349 g/mol. The van der Waals surface area contributed by atoms with Crippen molar-refractivity contribution in [1.29, 1.82) is 5.26 Å². The maximum absolute atomic E-state index is 12.6. The van der Waals surface area contributed by atoms with Crippen LogP contribution in [0.25, 0.3) is 0 Å². The van der Waals surface area contributed by atoms with Crippen LogP contribution in [-0.4, -0.2) is 18.9 Å². The molecule has 24 heavy (non-hydrogen) atoms. The molecule has 0 saturated carbocycles. The van der Waals surface area contributed by atoms with Gasteiger partial charge in [-0.15, -0.1) is 0 Å². The van der Waals surface area contributed by atoms with Gasteiger partial charge in [0.15, 0.2) is 5.41 Å². The number of halogens is 2. The molecule has 0 radical (unpaired) electrons. The van der Waals surface area contributed by atoms with E-state index in [1.54, 1.807) is 25.1 Å². The number of rotatable bonds is 4. The van der Waals surface area contributed by atoms with Gasteiger partial charge in [0, 0.05) is 22.4 Å². The molecule has 1 aliphatic rings. The molecule has 0 heterocycles. The molecule has 2 rings (SSSR count). The Balaban J connectivity index is 2.69. The van der Waals surface area contributed by atoms with Gasteiger partial charge >= 0.3 is 5.97 Å². The zero-order valence-corrected chi connectivity index (χ0v) is 14.5. The van der Waals surface area contributed by atoms with Crippen molar-refractivity contribution in [2.75, 3.05) is 6.61 Å². The van der Waals surface area contributed by atoms with Crippen molar-refractivity contribution in [2.24, 2.45) is 5.41 Å². The highest BCUT2D eigenvalue weighted by Crippen LogP contribution is 2.51. The van der Waals surface area contributed by atoms with Crippen LogP contribution >= 0.6 is 23.2 Å². The fraction of sp³-hybridized carbons (Fsp3) is 0.278. The van der Waals surface area contributed by atoms with Crippen molar-refractivity contribution in [3.8, 4) is 6.07 Å². The Morgan fingerprint density at radius 3 is 2.79 bits per heavy atom. The molecule has 0 saturated heterocycles. The summed E-state index contributed by atoms with van der Waals surface area (Å²) in [7, 11) is 0. The first-order valence-electron chi connectivity index (χ1n) is 7.27. The summed E-state index contributed by atoms with van der Waals surface area (Å²) in [6.45, 7) is 5.71. The largest absolute Gasteiger partial charge is 0.465 e. The minimum Gasteiger partial charge on any atom is -0.465 e. The number of nitrogens with zero attached hydrogens (tertiary/aromatic N) is 1. The molecule has 0 aromatic heterocycles. The Morgan fingerprint density at radius 2 is 2.25 bits per heavy atom. The predicted octanol–water partition coefficient (Wildman–Crippen LogP) is 4.24. The van der Waals surface area contributed by atoms with Gasteiger partial charge in [0.05, 0.1) is 12.7 Å². The molecule has 6 heteroatoms. The van der Waals surface area contributed by atoms with Crippen molar-refractivity contribution < 1.29 is 14.3 Å². The van der Waals surface area contributed by atoms with Gasteiger partial charge in [-0.3, -0.25) is 9.59 Å². The van der Waals surface area contributed by atoms with E-state index in [2.05, 4.69) is 12.6 Å². The van der Waals surface area contributed by atoms with Gasteiger partial charge in [-0.2, -0.15) is 5.26 Å². The number of hydrogen-bond donors (Lipinski definition) is 0. The first-order chi connectivity index (χ1) is 11.4. The Labute approximate surface area is 150 Å². The normalized spacial score (nSPS) is 23.2. The zero-order chi connectivity index (χ0) is 17.9. The number of benzene rings is 1. The van der Waals surface area contributed by atoms with E-state index < -0.39 is 17.3 Å². The first kappa shape index (κ1) is 18.3. The van der Waals surface area contributed by atoms with E-state index >= 15 is 0 Å². The average molecular weight is 364 g/mol. The van der Waals surface area contributed by atoms with Crippen LogP contribution in [0.2, 0.25) is 10.0 Å². The van der Waals surface area contributed by atoms with E-state index in [0.717, 1.165) is 0 Å². The van der Waals surface area contributed by atoms with Crippen molar-refractivity contribution >= 4 is 35.5 Å². The molecule has 0 amide bonds. The minimum atomic E-state index is -1.60. The molecule has 0 aliphatic heterocycles. The van der Waals surface area contributed by atoms with Crippen LogP contribution in [0.15, 0.2) is 42.0 Å². The Bertz CT molecular complexity index is 779. The second-order valence-electron chi connectivity index (χ2n) is 5.49. The second kappa shape index (κ2) is 7.21. The molecule has 1 aromatic carbocycles. The van der Waals surface area contributed by atoms with E-state index in [4.69, 9.17) is 27.9 Å². The van der Waals surface area contributed by atoms with Gasteiger partial charge < -0.3 is 4.74 Å². The highest BCUT2D eigenvalue weighted by atomic mass is 35.5. The number of ether oxygens (including phenoxy) is 1. The SMILES string of the molecule is C=C1C=C(C=O)C[C@](C#N)(C(=O)OCC)[C@@H]1c1ccc(Cl)cc1Cl. The lowest BCUT2D eigenvalue weighted by atomic mass is 9.63. The van der Waals surface area contributed by atoms with Crippen LogP contribution in [0.3, 0.4) is 0 Å². The molecule has 124 valence electrons. The van der Waals surface area contributed by atoms with Gasteiger partial charge in [-0.25, -0.2) is 0 Å². The monoisotopic (exact) mass is 363 g/mol. The van der Waals surface area contributed by atoms with Gasteiger partial charge in [0.2, 0.25) is 0 Å². The first-order valence-corrected chi connectivity index (χ1v) is 8.03. The minimum absolute atomic E-state index is 0.0610. The molecular formula is C18H15Cl2NO3. The summed E-state index contributed by atoms with van der Waals surface area (Å²) in [6.07, 6.45) is 2.14. The van der Waals surface area contributed by atoms with Crippen LogP contribution in [0.4, 0.5) is 0 Å². The number of carbonyl (C=O) groups is 2. The average Bonchev–Trinajstić information content (AvgIpc) is 2.55. The maximum Gasteiger partial charge on any atom is 0.327 e. The number of carbonyl (C=O) groups excluding carboxylic acids is 2. The molecule has 0 fully saturated rings. The van der Waals surface area contributed by atoms with E-state index in [9.17, 15) is 14.9 Å². The van der Waals surface area contributed by atoms with Crippen molar-refractivity contribution in [3.05, 3.63) is 57.6 Å². The van der Waals surface area contributed by atoms with Crippen molar-refractivity contribution in [1.82, 2.24) is 0 Å². The maximum atomic E-state index is 12.6. The number of nitriles is 1. The van der Waals surface area contributed by atoms with Gasteiger partial charge in [0.25, 0.3) is 0 Å². The lowest BCUT2D eigenvalue weighted by Crippen LogP contribution is -2.41. The van der Waals surface area contributed by atoms with Crippen LogP contribution in [-0.2, 0) is 14.3 Å². The van der Waals surface area contributed by atoms with E-state index in [-0.39, 0.29) is 13.0 Å². The highest BCUT2D eigenvalue weighted by Gasteiger charge is 2.52. The van der Waals surface area contributed by atoms with Crippen molar-refractivity contribution in [2.45, 2.75) is 19.3 Å². The summed E-state index contributed by atoms with van der Waals surface area (Å²) in [5.41, 5.74) is -0.296. The standard InChI is InChI=1S/C18H15Cl2NO3/c1-3-24-17(23)18(10-21)8-12(9-22)6-11(2)16(18)14-5-4-13(19)7-15(14)20/h4-7,9,16H,2-3,8H2,1H3/t16-,18+/m0/s1. The Morgan fingerprint density at radius 1 is 1.54 bits per heavy atom. The molecule has 1 aromatic rings. The van der Waals surface area contributed by atoms with E-state index in [1.165, 1.54) is 6.07 Å². The summed E-state index contributed by atoms with van der Waals surface area (Å²) < 4.78 is 5.12. The third kappa shape index (κ3) is 3.10. The Hall–Kier alpha value is -2.09. The highest BCUT2D eigenvalue weighted by molar-refractivity contribution is 6.35. The number of esters is 1. The quantitative estimate of drug-likeness (QED) is 0.592. The third-order valence-electron chi connectivity index (χ3n) is 3.98. The number of aldehydes is 1. The lowest BCUT2D eigenvalue weighted by molar-refractivity contribution is -0.152. The lowest BCUT2D eigenvalue weighted by Gasteiger charge is -2.37. The predicted molar refractivity (Wildman–Crippen MR) is 91.8 cm³/mol. The molecule has 0 spiro atoms. The summed E-state index contributed by atoms with van der Waals surface area (Å²) in [6, 6.07) is 6.89. The van der Waals surface area contributed by atoms with Gasteiger partial charge in [-0.05, 0) is 35.8 Å². The Kier molecular flexibility index (Phi) is 5.48. The van der Waals surface area contributed by atoms with Gasteiger partial charge in [0.1, 0.15) is 6.29 Å². The summed E-state index contributed by atoms with van der Waals surface area (Å²) in [5.74, 6) is -1.42.